The molecule has 1 unspecified atom stereocenters. The Morgan fingerprint density at radius 1 is 1.50 bits per heavy atom. The number of rotatable bonds is 5. The Kier molecular flexibility index (Phi) is 5.07. The number of anilines is 1. The molecule has 1 aromatic rings. The maximum absolute atomic E-state index is 13.3. The normalized spacial score (nSPS) is 13.2. The molecule has 0 aromatic heterocycles. The van der Waals surface area contributed by atoms with Gasteiger partial charge in [0.2, 0.25) is 15.9 Å². The molecule has 112 valence electrons. The minimum Gasteiger partial charge on any atom is -0.395 e. The molecule has 1 amide bonds. The van der Waals surface area contributed by atoms with Crippen molar-refractivity contribution in [3.8, 4) is 0 Å². The molecule has 20 heavy (non-hydrogen) atoms. The van der Waals surface area contributed by atoms with E-state index in [1.54, 1.807) is 6.92 Å². The first kappa shape index (κ1) is 16.4. The molecule has 0 fully saturated rings. The summed E-state index contributed by atoms with van der Waals surface area (Å²) < 4.78 is 38.9. The van der Waals surface area contributed by atoms with Gasteiger partial charge in [0.25, 0.3) is 0 Å². The lowest BCUT2D eigenvalue weighted by Crippen LogP contribution is -2.37. The first-order valence-corrected chi connectivity index (χ1v) is 7.37. The van der Waals surface area contributed by atoms with Gasteiger partial charge in [-0.25, -0.2) is 17.1 Å². The van der Waals surface area contributed by atoms with Gasteiger partial charge in [0.1, 0.15) is 10.7 Å². The molecule has 1 aromatic carbocycles. The lowest BCUT2D eigenvalue weighted by molar-refractivity contribution is -0.124. The smallest absolute Gasteiger partial charge is 0.244 e. The van der Waals surface area contributed by atoms with E-state index in [9.17, 15) is 17.6 Å². The molecule has 0 radical (unpaired) electrons. The van der Waals surface area contributed by atoms with E-state index in [1.807, 2.05) is 0 Å². The second-order valence-electron chi connectivity index (χ2n) is 4.45. The third-order valence-electron chi connectivity index (χ3n) is 2.93. The molecular formula is C12H18FN3O3S. The number of amides is 1. The van der Waals surface area contributed by atoms with Crippen LogP contribution in [0.3, 0.4) is 0 Å². The van der Waals surface area contributed by atoms with Crippen LogP contribution in [-0.4, -0.2) is 39.3 Å². The third-order valence-corrected chi connectivity index (χ3v) is 4.81. The summed E-state index contributed by atoms with van der Waals surface area (Å²) in [7, 11) is -1.15. The largest absolute Gasteiger partial charge is 0.395 e. The van der Waals surface area contributed by atoms with Crippen LogP contribution in [-0.2, 0) is 14.8 Å². The Bertz CT molecular complexity index is 604. The highest BCUT2D eigenvalue weighted by Crippen LogP contribution is 2.24. The highest BCUT2D eigenvalue weighted by atomic mass is 32.2. The van der Waals surface area contributed by atoms with Crippen LogP contribution in [0.15, 0.2) is 23.1 Å². The Labute approximate surface area is 117 Å². The Morgan fingerprint density at radius 2 is 2.10 bits per heavy atom. The molecule has 1 rings (SSSR count). The summed E-state index contributed by atoms with van der Waals surface area (Å²) in [4.78, 5) is 11.1. The number of nitrogens with one attached hydrogen (secondary N) is 1. The number of halogens is 1. The standard InChI is InChI=1S/C12H18FN3O3S/c1-8(12(17)15-2)7-16(3)20(18,19)10-6-4-5-9(13)11(10)14/h4-6,8H,7,14H2,1-3H3,(H,15,17). The molecule has 0 saturated heterocycles. The van der Waals surface area contributed by atoms with Gasteiger partial charge in [-0.15, -0.1) is 0 Å². The SMILES string of the molecule is CNC(=O)C(C)CN(C)S(=O)(=O)c1cccc(F)c1N. The van der Waals surface area contributed by atoms with Crippen molar-refractivity contribution in [2.24, 2.45) is 5.92 Å². The number of nitrogen functional groups attached to an aromatic ring is 1. The molecule has 8 heteroatoms. The summed E-state index contributed by atoms with van der Waals surface area (Å²) in [5, 5.41) is 2.44. The van der Waals surface area contributed by atoms with E-state index in [-0.39, 0.29) is 17.3 Å². The maximum Gasteiger partial charge on any atom is 0.244 e. The minimum atomic E-state index is -3.94. The van der Waals surface area contributed by atoms with Crippen LogP contribution in [0.4, 0.5) is 10.1 Å². The van der Waals surface area contributed by atoms with Crippen LogP contribution in [0.2, 0.25) is 0 Å². The zero-order valence-corrected chi connectivity index (χ0v) is 12.4. The Hall–Kier alpha value is -1.67. The van der Waals surface area contributed by atoms with Crippen LogP contribution < -0.4 is 11.1 Å². The first-order chi connectivity index (χ1) is 9.21. The van der Waals surface area contributed by atoms with E-state index in [2.05, 4.69) is 5.32 Å². The van der Waals surface area contributed by atoms with Crippen LogP contribution in [0, 0.1) is 11.7 Å². The number of nitrogens with zero attached hydrogens (tertiary/aromatic N) is 1. The summed E-state index contributed by atoms with van der Waals surface area (Å²) in [6, 6.07) is 3.59. The van der Waals surface area contributed by atoms with Crippen molar-refractivity contribution in [2.75, 3.05) is 26.4 Å². The second-order valence-corrected chi connectivity index (χ2v) is 6.47. The number of sulfonamides is 1. The van der Waals surface area contributed by atoms with Gasteiger partial charge in [0.05, 0.1) is 5.69 Å². The van der Waals surface area contributed by atoms with Crippen molar-refractivity contribution < 1.29 is 17.6 Å². The zero-order valence-electron chi connectivity index (χ0n) is 11.6. The first-order valence-electron chi connectivity index (χ1n) is 5.93. The summed E-state index contributed by atoms with van der Waals surface area (Å²) in [5.41, 5.74) is 5.04. The maximum atomic E-state index is 13.3. The van der Waals surface area contributed by atoms with Gasteiger partial charge >= 0.3 is 0 Å². The second kappa shape index (κ2) is 6.19. The van der Waals surface area contributed by atoms with Gasteiger partial charge in [-0.3, -0.25) is 4.79 Å². The van der Waals surface area contributed by atoms with Gasteiger partial charge in [-0.05, 0) is 12.1 Å². The average Bonchev–Trinajstić information content (AvgIpc) is 2.40. The van der Waals surface area contributed by atoms with E-state index in [1.165, 1.54) is 26.2 Å². The topological polar surface area (TPSA) is 92.5 Å². The Morgan fingerprint density at radius 3 is 2.65 bits per heavy atom. The predicted octanol–water partition coefficient (Wildman–Crippen LogP) is 0.411. The van der Waals surface area contributed by atoms with Gasteiger partial charge in [-0.2, -0.15) is 0 Å². The van der Waals surface area contributed by atoms with Gasteiger partial charge in [0.15, 0.2) is 0 Å². The van der Waals surface area contributed by atoms with Gasteiger partial charge < -0.3 is 11.1 Å². The van der Waals surface area contributed by atoms with E-state index in [4.69, 9.17) is 5.73 Å². The van der Waals surface area contributed by atoms with E-state index >= 15 is 0 Å². The number of para-hydroxylation sites is 1. The lowest BCUT2D eigenvalue weighted by Gasteiger charge is -2.21. The summed E-state index contributed by atoms with van der Waals surface area (Å²) in [6.45, 7) is 1.57. The zero-order chi connectivity index (χ0) is 15.5. The number of carbonyl (C=O) groups excluding carboxylic acids is 1. The summed E-state index contributed by atoms with van der Waals surface area (Å²) in [5.74, 6) is -1.60. The number of hydrogen-bond donors (Lipinski definition) is 2. The van der Waals surface area contributed by atoms with Gasteiger partial charge in [0, 0.05) is 26.6 Å². The lowest BCUT2D eigenvalue weighted by atomic mass is 10.2. The minimum absolute atomic E-state index is 0.0298. The van der Waals surface area contributed by atoms with Crippen molar-refractivity contribution in [1.29, 1.82) is 0 Å². The fraction of sp³-hybridized carbons (Fsp3) is 0.417. The molecule has 0 bridgehead atoms. The van der Waals surface area contributed by atoms with Crippen LogP contribution in [0.1, 0.15) is 6.92 Å². The molecule has 0 aliphatic heterocycles. The number of benzene rings is 1. The summed E-state index contributed by atoms with van der Waals surface area (Å²) >= 11 is 0. The fourth-order valence-corrected chi connectivity index (χ4v) is 3.10. The predicted molar refractivity (Wildman–Crippen MR) is 73.9 cm³/mol. The van der Waals surface area contributed by atoms with E-state index < -0.39 is 27.4 Å². The van der Waals surface area contributed by atoms with Crippen molar-refractivity contribution in [2.45, 2.75) is 11.8 Å². The third kappa shape index (κ3) is 3.26. The van der Waals surface area contributed by atoms with Crippen molar-refractivity contribution in [3.63, 3.8) is 0 Å². The quantitative estimate of drug-likeness (QED) is 0.771. The summed E-state index contributed by atoms with van der Waals surface area (Å²) in [6.07, 6.45) is 0. The van der Waals surface area contributed by atoms with Crippen LogP contribution in [0.5, 0.6) is 0 Å². The molecule has 6 nitrogen and oxygen atoms in total. The number of carbonyl (C=O) groups is 1. The average molecular weight is 303 g/mol. The molecule has 0 aliphatic carbocycles. The van der Waals surface area contributed by atoms with Crippen LogP contribution >= 0.6 is 0 Å². The van der Waals surface area contributed by atoms with Gasteiger partial charge in [-0.1, -0.05) is 13.0 Å². The molecule has 1 atom stereocenters. The molecule has 0 spiro atoms. The molecule has 3 N–H and O–H groups in total. The molecule has 0 saturated carbocycles. The number of nitrogens with two attached hydrogens (primary N) is 1. The van der Waals surface area contributed by atoms with Crippen molar-refractivity contribution >= 4 is 21.6 Å². The monoisotopic (exact) mass is 303 g/mol. The van der Waals surface area contributed by atoms with E-state index in [0.29, 0.717) is 0 Å². The number of hydrogen-bond acceptors (Lipinski definition) is 4. The van der Waals surface area contributed by atoms with E-state index in [0.717, 1.165) is 10.4 Å². The Balaban J connectivity index is 3.05. The highest BCUT2D eigenvalue weighted by molar-refractivity contribution is 7.89. The highest BCUT2D eigenvalue weighted by Gasteiger charge is 2.27. The van der Waals surface area contributed by atoms with Crippen LogP contribution in [0.25, 0.3) is 0 Å². The molecule has 0 aliphatic rings. The molecular weight excluding hydrogens is 285 g/mol. The fourth-order valence-electron chi connectivity index (χ4n) is 1.72. The molecule has 0 heterocycles. The van der Waals surface area contributed by atoms with Crippen molar-refractivity contribution in [1.82, 2.24) is 9.62 Å². The van der Waals surface area contributed by atoms with Crippen molar-refractivity contribution in [3.05, 3.63) is 24.0 Å².